The van der Waals surface area contributed by atoms with Gasteiger partial charge in [0.2, 0.25) is 11.3 Å². The normalized spacial score (nSPS) is 11.6. The van der Waals surface area contributed by atoms with E-state index in [0.717, 1.165) is 5.56 Å². The Kier molecular flexibility index (Phi) is 4.58. The maximum atomic E-state index is 13.5. The van der Waals surface area contributed by atoms with Gasteiger partial charge in [-0.25, -0.2) is 9.07 Å². The quantitative estimate of drug-likeness (QED) is 0.519. The number of aromatic nitrogens is 4. The van der Waals surface area contributed by atoms with E-state index in [1.54, 1.807) is 12.1 Å². The summed E-state index contributed by atoms with van der Waals surface area (Å²) in [5.41, 5.74) is 2.11. The van der Waals surface area contributed by atoms with Crippen LogP contribution in [0.2, 0.25) is 0 Å². The van der Waals surface area contributed by atoms with Crippen LogP contribution in [0.1, 0.15) is 26.3 Å². The second-order valence-corrected chi connectivity index (χ2v) is 7.70. The molecular formula is C22H19FN4O2. The zero-order valence-electron chi connectivity index (χ0n) is 16.3. The minimum atomic E-state index is -0.400. The molecule has 4 rings (SSSR count). The van der Waals surface area contributed by atoms with E-state index in [9.17, 15) is 9.18 Å². The summed E-state index contributed by atoms with van der Waals surface area (Å²) in [7, 11) is 0. The number of benzene rings is 2. The number of rotatable bonds is 3. The Labute approximate surface area is 166 Å². The predicted molar refractivity (Wildman–Crippen MR) is 107 cm³/mol. The van der Waals surface area contributed by atoms with Gasteiger partial charge < -0.3 is 4.52 Å². The van der Waals surface area contributed by atoms with E-state index in [0.29, 0.717) is 11.5 Å². The third kappa shape index (κ3) is 3.85. The molecule has 0 atom stereocenters. The van der Waals surface area contributed by atoms with Gasteiger partial charge in [-0.3, -0.25) is 4.79 Å². The number of nitrogens with zero attached hydrogens (tertiary/aromatic N) is 4. The second kappa shape index (κ2) is 7.09. The van der Waals surface area contributed by atoms with Gasteiger partial charge in [0.05, 0.1) is 5.69 Å². The van der Waals surface area contributed by atoms with Crippen LogP contribution in [0.25, 0.3) is 28.7 Å². The molecule has 2 aromatic carbocycles. The maximum absolute atomic E-state index is 13.5. The summed E-state index contributed by atoms with van der Waals surface area (Å²) in [5.74, 6) is -0.0261. The highest BCUT2D eigenvalue weighted by atomic mass is 19.1. The zero-order chi connectivity index (χ0) is 20.6. The minimum absolute atomic E-state index is 0.00169. The van der Waals surface area contributed by atoms with Gasteiger partial charge in [0.25, 0.3) is 5.89 Å². The molecule has 0 fully saturated rings. The topological polar surface area (TPSA) is 73.8 Å². The first-order chi connectivity index (χ1) is 13.8. The molecule has 2 aromatic heterocycles. The van der Waals surface area contributed by atoms with Crippen LogP contribution in [0.15, 0.2) is 70.1 Å². The van der Waals surface area contributed by atoms with Crippen LogP contribution in [0, 0.1) is 5.82 Å². The van der Waals surface area contributed by atoms with Crippen molar-refractivity contribution in [3.05, 3.63) is 82.4 Å². The van der Waals surface area contributed by atoms with Crippen molar-refractivity contribution in [1.82, 2.24) is 19.9 Å². The van der Waals surface area contributed by atoms with Crippen LogP contribution >= 0.6 is 0 Å². The van der Waals surface area contributed by atoms with Crippen LogP contribution in [0.5, 0.6) is 0 Å². The molecule has 0 aliphatic heterocycles. The summed E-state index contributed by atoms with van der Waals surface area (Å²) < 4.78 is 20.2. The molecule has 4 aromatic rings. The molecule has 0 aliphatic carbocycles. The van der Waals surface area contributed by atoms with Gasteiger partial charge in [-0.15, -0.1) is 0 Å². The van der Waals surface area contributed by atoms with Crippen LogP contribution in [-0.4, -0.2) is 19.9 Å². The van der Waals surface area contributed by atoms with Gasteiger partial charge in [0.15, 0.2) is 5.69 Å². The summed E-state index contributed by atoms with van der Waals surface area (Å²) in [5, 5.41) is 8.23. The van der Waals surface area contributed by atoms with Crippen molar-refractivity contribution < 1.29 is 8.91 Å². The predicted octanol–water partition coefficient (Wildman–Crippen LogP) is 4.39. The lowest BCUT2D eigenvalue weighted by molar-refractivity contribution is 0.429. The average Bonchev–Trinajstić information content (AvgIpc) is 3.18. The minimum Gasteiger partial charge on any atom is -0.332 e. The van der Waals surface area contributed by atoms with E-state index in [2.05, 4.69) is 36.0 Å². The fraction of sp³-hybridized carbons (Fsp3) is 0.182. The molecule has 0 radical (unpaired) electrons. The second-order valence-electron chi connectivity index (χ2n) is 7.70. The summed E-state index contributed by atoms with van der Waals surface area (Å²) in [6.45, 7) is 6.41. The Hall–Kier alpha value is -3.61. The molecule has 29 heavy (non-hydrogen) atoms. The molecular weight excluding hydrogens is 371 g/mol. The molecule has 0 saturated heterocycles. The third-order valence-corrected chi connectivity index (χ3v) is 4.52. The SMILES string of the molecule is CC(C)(C)c1ccc(-c2noc(-c3nn(-c4cccc(F)c4)ccc3=O)n2)cc1. The van der Waals surface area contributed by atoms with Crippen molar-refractivity contribution >= 4 is 0 Å². The highest BCUT2D eigenvalue weighted by molar-refractivity contribution is 5.58. The first-order valence-electron chi connectivity index (χ1n) is 9.12. The third-order valence-electron chi connectivity index (χ3n) is 4.52. The van der Waals surface area contributed by atoms with Gasteiger partial charge >= 0.3 is 0 Å². The van der Waals surface area contributed by atoms with Crippen molar-refractivity contribution in [2.24, 2.45) is 0 Å². The van der Waals surface area contributed by atoms with Crippen LogP contribution in [0.3, 0.4) is 0 Å². The Bertz CT molecular complexity index is 1220. The monoisotopic (exact) mass is 390 g/mol. The molecule has 0 aliphatic rings. The molecule has 146 valence electrons. The van der Waals surface area contributed by atoms with Crippen LogP contribution in [-0.2, 0) is 5.41 Å². The lowest BCUT2D eigenvalue weighted by atomic mass is 9.87. The smallest absolute Gasteiger partial charge is 0.282 e. The van der Waals surface area contributed by atoms with Gasteiger partial charge in [0.1, 0.15) is 5.82 Å². The Morgan fingerprint density at radius 2 is 1.79 bits per heavy atom. The number of hydrogen-bond donors (Lipinski definition) is 0. The molecule has 6 nitrogen and oxygen atoms in total. The lowest BCUT2D eigenvalue weighted by Gasteiger charge is -2.18. The fourth-order valence-corrected chi connectivity index (χ4v) is 2.87. The van der Waals surface area contributed by atoms with Crippen molar-refractivity contribution in [1.29, 1.82) is 0 Å². The molecule has 0 saturated carbocycles. The molecule has 7 heteroatoms. The Morgan fingerprint density at radius 3 is 2.48 bits per heavy atom. The molecule has 0 spiro atoms. The van der Waals surface area contributed by atoms with Gasteiger partial charge in [-0.05, 0) is 29.2 Å². The summed E-state index contributed by atoms with van der Waals surface area (Å²) in [4.78, 5) is 16.6. The van der Waals surface area contributed by atoms with Crippen molar-refractivity contribution in [2.75, 3.05) is 0 Å². The zero-order valence-corrected chi connectivity index (χ0v) is 16.3. The van der Waals surface area contributed by atoms with E-state index < -0.39 is 5.82 Å². The highest BCUT2D eigenvalue weighted by Gasteiger charge is 2.17. The Morgan fingerprint density at radius 1 is 1.03 bits per heavy atom. The molecule has 2 heterocycles. The molecule has 0 bridgehead atoms. The first kappa shape index (κ1) is 18.7. The molecule has 0 amide bonds. The standard InChI is InChI=1S/C22H19FN4O2/c1-22(2,3)15-9-7-14(8-10-15)20-24-21(29-26-20)19-18(28)11-12-27(25-19)17-6-4-5-16(23)13-17/h4-13H,1-3H3. The fourth-order valence-electron chi connectivity index (χ4n) is 2.87. The van der Waals surface area contributed by atoms with E-state index in [-0.39, 0.29) is 22.4 Å². The van der Waals surface area contributed by atoms with E-state index in [1.165, 1.54) is 34.6 Å². The average molecular weight is 390 g/mol. The number of halogens is 1. The largest absolute Gasteiger partial charge is 0.332 e. The van der Waals surface area contributed by atoms with Crippen LogP contribution < -0.4 is 5.43 Å². The first-order valence-corrected chi connectivity index (χ1v) is 9.12. The molecule has 0 unspecified atom stereocenters. The number of hydrogen-bond acceptors (Lipinski definition) is 5. The van der Waals surface area contributed by atoms with Crippen molar-refractivity contribution in [2.45, 2.75) is 26.2 Å². The summed E-state index contributed by atoms with van der Waals surface area (Å²) in [6, 6.07) is 15.1. The summed E-state index contributed by atoms with van der Waals surface area (Å²) in [6.07, 6.45) is 1.46. The van der Waals surface area contributed by atoms with Gasteiger partial charge in [0, 0.05) is 17.8 Å². The van der Waals surface area contributed by atoms with E-state index >= 15 is 0 Å². The summed E-state index contributed by atoms with van der Waals surface area (Å²) >= 11 is 0. The van der Waals surface area contributed by atoms with E-state index in [1.807, 2.05) is 24.3 Å². The van der Waals surface area contributed by atoms with Gasteiger partial charge in [-0.1, -0.05) is 56.3 Å². The van der Waals surface area contributed by atoms with Crippen LogP contribution in [0.4, 0.5) is 4.39 Å². The lowest BCUT2D eigenvalue weighted by Crippen LogP contribution is -2.12. The maximum Gasteiger partial charge on any atom is 0.282 e. The Balaban J connectivity index is 1.69. The van der Waals surface area contributed by atoms with Crippen molar-refractivity contribution in [3.8, 4) is 28.7 Å². The van der Waals surface area contributed by atoms with Crippen molar-refractivity contribution in [3.63, 3.8) is 0 Å². The molecule has 0 N–H and O–H groups in total. The van der Waals surface area contributed by atoms with E-state index in [4.69, 9.17) is 4.52 Å². The van der Waals surface area contributed by atoms with Gasteiger partial charge in [-0.2, -0.15) is 10.1 Å². The highest BCUT2D eigenvalue weighted by Crippen LogP contribution is 2.25.